The third-order valence-electron chi connectivity index (χ3n) is 3.72. The molecule has 0 bridgehead atoms. The number of nitrogens with zero attached hydrogens (tertiary/aromatic N) is 2. The predicted octanol–water partition coefficient (Wildman–Crippen LogP) is 3.34. The minimum atomic E-state index is 0. The van der Waals surface area contributed by atoms with Crippen LogP contribution in [0.5, 0.6) is 5.88 Å². The number of ether oxygens (including phenoxy) is 1. The van der Waals surface area contributed by atoms with Gasteiger partial charge in [0.05, 0.1) is 6.61 Å². The van der Waals surface area contributed by atoms with E-state index in [0.717, 1.165) is 43.0 Å². The first kappa shape index (κ1) is 20.0. The number of pyridine rings is 1. The second kappa shape index (κ2) is 11.5. The molecule has 1 aliphatic carbocycles. The molecule has 0 amide bonds. The maximum absolute atomic E-state index is 5.71. The Bertz CT molecular complexity index is 477. The van der Waals surface area contributed by atoms with Gasteiger partial charge in [-0.3, -0.25) is 4.99 Å². The number of halogens is 1. The highest BCUT2D eigenvalue weighted by Crippen LogP contribution is 2.29. The summed E-state index contributed by atoms with van der Waals surface area (Å²) in [4.78, 5) is 8.50. The van der Waals surface area contributed by atoms with E-state index in [0.29, 0.717) is 0 Å². The van der Waals surface area contributed by atoms with Crippen LogP contribution in [0.3, 0.4) is 0 Å². The van der Waals surface area contributed by atoms with E-state index in [1.54, 1.807) is 13.2 Å². The lowest BCUT2D eigenvalue weighted by atomic mass is 10.2. The Morgan fingerprint density at radius 2 is 2.17 bits per heavy atom. The van der Waals surface area contributed by atoms with Crippen LogP contribution in [0.25, 0.3) is 0 Å². The Morgan fingerprint density at radius 1 is 1.35 bits per heavy atom. The van der Waals surface area contributed by atoms with E-state index < -0.39 is 0 Å². The molecule has 0 radical (unpaired) electrons. The molecule has 1 fully saturated rings. The number of hydrogen-bond donors (Lipinski definition) is 2. The van der Waals surface area contributed by atoms with Crippen LogP contribution in [0.1, 0.15) is 44.6 Å². The zero-order chi connectivity index (χ0) is 15.6. The fraction of sp³-hybridized carbons (Fsp3) is 0.647. The van der Waals surface area contributed by atoms with Gasteiger partial charge in [0.15, 0.2) is 5.96 Å². The summed E-state index contributed by atoms with van der Waals surface area (Å²) < 4.78 is 5.71. The minimum Gasteiger partial charge on any atom is -0.477 e. The van der Waals surface area contributed by atoms with Crippen LogP contribution in [0, 0.1) is 5.92 Å². The number of aliphatic imine (C=N–C) groups is 1. The molecule has 0 unspecified atom stereocenters. The van der Waals surface area contributed by atoms with Crippen molar-refractivity contribution in [2.75, 3.05) is 20.2 Å². The van der Waals surface area contributed by atoms with Gasteiger partial charge in [0.25, 0.3) is 0 Å². The third kappa shape index (κ3) is 8.39. The maximum atomic E-state index is 5.71. The van der Waals surface area contributed by atoms with Crippen molar-refractivity contribution in [3.8, 4) is 5.88 Å². The maximum Gasteiger partial charge on any atom is 0.213 e. The summed E-state index contributed by atoms with van der Waals surface area (Å²) >= 11 is 0. The Morgan fingerprint density at radius 3 is 2.87 bits per heavy atom. The first-order valence-electron chi connectivity index (χ1n) is 8.34. The van der Waals surface area contributed by atoms with Crippen LogP contribution in [0.2, 0.25) is 0 Å². The minimum absolute atomic E-state index is 0. The molecule has 6 heteroatoms. The van der Waals surface area contributed by atoms with Crippen molar-refractivity contribution >= 4 is 29.9 Å². The number of hydrogen-bond acceptors (Lipinski definition) is 3. The molecule has 1 aromatic heterocycles. The Hall–Kier alpha value is -1.05. The van der Waals surface area contributed by atoms with Crippen molar-refractivity contribution in [2.24, 2.45) is 10.9 Å². The molecule has 1 aliphatic rings. The molecular formula is C17H29IN4O. The Kier molecular flexibility index (Phi) is 9.98. The van der Waals surface area contributed by atoms with Gasteiger partial charge in [-0.25, -0.2) is 4.98 Å². The molecular weight excluding hydrogens is 403 g/mol. The predicted molar refractivity (Wildman–Crippen MR) is 106 cm³/mol. The van der Waals surface area contributed by atoms with Crippen LogP contribution < -0.4 is 15.4 Å². The largest absolute Gasteiger partial charge is 0.477 e. The van der Waals surface area contributed by atoms with E-state index in [4.69, 9.17) is 4.74 Å². The summed E-state index contributed by atoms with van der Waals surface area (Å²) in [5, 5.41) is 6.65. The second-order valence-electron chi connectivity index (χ2n) is 5.82. The molecule has 0 atom stereocenters. The van der Waals surface area contributed by atoms with Gasteiger partial charge >= 0.3 is 0 Å². The quantitative estimate of drug-likeness (QED) is 0.272. The van der Waals surface area contributed by atoms with Crippen molar-refractivity contribution in [1.82, 2.24) is 15.6 Å². The van der Waals surface area contributed by atoms with Gasteiger partial charge in [-0.2, -0.15) is 0 Å². The molecule has 2 rings (SSSR count). The molecule has 1 saturated carbocycles. The fourth-order valence-electron chi connectivity index (χ4n) is 2.12. The highest BCUT2D eigenvalue weighted by Gasteiger charge is 2.22. The van der Waals surface area contributed by atoms with Crippen LogP contribution in [0.4, 0.5) is 0 Å². The van der Waals surface area contributed by atoms with Crippen molar-refractivity contribution in [2.45, 2.75) is 45.6 Å². The third-order valence-corrected chi connectivity index (χ3v) is 3.72. The average molecular weight is 432 g/mol. The van der Waals surface area contributed by atoms with Crippen molar-refractivity contribution in [3.05, 3.63) is 23.9 Å². The lowest BCUT2D eigenvalue weighted by molar-refractivity contribution is 0.288. The van der Waals surface area contributed by atoms with Crippen LogP contribution >= 0.6 is 24.0 Å². The van der Waals surface area contributed by atoms with Gasteiger partial charge in [0, 0.05) is 32.4 Å². The zero-order valence-electron chi connectivity index (χ0n) is 14.2. The van der Waals surface area contributed by atoms with E-state index >= 15 is 0 Å². The molecule has 130 valence electrons. The van der Waals surface area contributed by atoms with E-state index in [2.05, 4.69) is 27.5 Å². The normalized spacial score (nSPS) is 14.1. The molecule has 5 nitrogen and oxygen atoms in total. The summed E-state index contributed by atoms with van der Waals surface area (Å²) in [5.41, 5.74) is 1.15. The summed E-state index contributed by atoms with van der Waals surface area (Å²) in [5.74, 6) is 2.31. The van der Waals surface area contributed by atoms with Gasteiger partial charge in [0.1, 0.15) is 0 Å². The monoisotopic (exact) mass is 432 g/mol. The molecule has 0 spiro atoms. The molecule has 1 heterocycles. The van der Waals surface area contributed by atoms with E-state index in [9.17, 15) is 0 Å². The van der Waals surface area contributed by atoms with Crippen molar-refractivity contribution < 1.29 is 4.74 Å². The fourth-order valence-corrected chi connectivity index (χ4v) is 2.12. The van der Waals surface area contributed by atoms with Gasteiger partial charge < -0.3 is 15.4 Å². The first-order valence-corrected chi connectivity index (χ1v) is 8.34. The number of guanidine groups is 1. The number of nitrogens with one attached hydrogen (secondary N) is 2. The Labute approximate surface area is 156 Å². The van der Waals surface area contributed by atoms with Crippen LogP contribution in [0.15, 0.2) is 23.3 Å². The Balaban J connectivity index is 0.00000264. The number of unbranched alkanes of at least 4 members (excludes halogenated alkanes) is 2. The summed E-state index contributed by atoms with van der Waals surface area (Å²) in [7, 11) is 1.80. The smallest absolute Gasteiger partial charge is 0.213 e. The van der Waals surface area contributed by atoms with E-state index in [1.807, 2.05) is 12.1 Å². The number of rotatable bonds is 9. The lowest BCUT2D eigenvalue weighted by Gasteiger charge is -2.12. The first-order chi connectivity index (χ1) is 10.8. The summed E-state index contributed by atoms with van der Waals surface area (Å²) in [6, 6.07) is 4.00. The highest BCUT2D eigenvalue weighted by molar-refractivity contribution is 14.0. The molecule has 0 saturated heterocycles. The molecule has 23 heavy (non-hydrogen) atoms. The lowest BCUT2D eigenvalue weighted by Crippen LogP contribution is -2.37. The van der Waals surface area contributed by atoms with Crippen LogP contribution in [-0.2, 0) is 6.54 Å². The van der Waals surface area contributed by atoms with Crippen molar-refractivity contribution in [1.29, 1.82) is 0 Å². The number of aromatic nitrogens is 1. The zero-order valence-corrected chi connectivity index (χ0v) is 16.5. The van der Waals surface area contributed by atoms with Crippen molar-refractivity contribution in [3.63, 3.8) is 0 Å². The standard InChI is InChI=1S/C17H28N4O.HI/c1-3-4-5-9-20-17(18-2)21-12-15-8-10-19-16(11-15)22-13-14-6-7-14;/h8,10-11,14H,3-7,9,12-13H2,1-2H3,(H2,18,20,21);1H. The average Bonchev–Trinajstić information content (AvgIpc) is 3.37. The topological polar surface area (TPSA) is 58.5 Å². The SMILES string of the molecule is CCCCCNC(=NC)NCc1ccnc(OCC2CC2)c1.I. The molecule has 0 aromatic carbocycles. The van der Waals surface area contributed by atoms with Crippen LogP contribution in [-0.4, -0.2) is 31.1 Å². The summed E-state index contributed by atoms with van der Waals surface area (Å²) in [6.45, 7) is 4.68. The molecule has 2 N–H and O–H groups in total. The van der Waals surface area contributed by atoms with Gasteiger partial charge in [-0.1, -0.05) is 19.8 Å². The van der Waals surface area contributed by atoms with Gasteiger partial charge in [-0.05, 0) is 36.8 Å². The van der Waals surface area contributed by atoms with Gasteiger partial charge in [0.2, 0.25) is 5.88 Å². The highest BCUT2D eigenvalue weighted by atomic mass is 127. The molecule has 1 aromatic rings. The van der Waals surface area contributed by atoms with E-state index in [-0.39, 0.29) is 24.0 Å². The van der Waals surface area contributed by atoms with E-state index in [1.165, 1.54) is 32.1 Å². The van der Waals surface area contributed by atoms with Gasteiger partial charge in [-0.15, -0.1) is 24.0 Å². The summed E-state index contributed by atoms with van der Waals surface area (Å²) in [6.07, 6.45) is 8.04. The second-order valence-corrected chi connectivity index (χ2v) is 5.82. The molecule has 0 aliphatic heterocycles.